The minimum atomic E-state index is -1.31. The Morgan fingerprint density at radius 1 is 1.47 bits per heavy atom. The molecule has 3 rings (SSSR count). The molecule has 1 atom stereocenters. The molecule has 0 aromatic heterocycles. The number of carboxylic acids is 1. The van der Waals surface area contributed by atoms with Gasteiger partial charge in [-0.05, 0) is 35.0 Å². The average molecular weight is 328 g/mol. The van der Waals surface area contributed by atoms with Crippen LogP contribution in [0.1, 0.15) is 18.9 Å². The first kappa shape index (κ1) is 12.3. The number of rotatable bonds is 2. The molecule has 1 unspecified atom stereocenters. The van der Waals surface area contributed by atoms with Gasteiger partial charge in [0.2, 0.25) is 12.4 Å². The van der Waals surface area contributed by atoms with E-state index in [1.165, 1.54) is 6.92 Å². The van der Waals surface area contributed by atoms with Crippen molar-refractivity contribution in [2.45, 2.75) is 18.9 Å². The summed E-state index contributed by atoms with van der Waals surface area (Å²) in [4.78, 5) is 16.1. The van der Waals surface area contributed by atoms with E-state index in [2.05, 4.69) is 21.1 Å². The Morgan fingerprint density at radius 2 is 2.26 bits per heavy atom. The Bertz CT molecular complexity index is 600. The van der Waals surface area contributed by atoms with Crippen molar-refractivity contribution in [2.75, 3.05) is 6.79 Å². The Morgan fingerprint density at radius 3 is 2.95 bits per heavy atom. The number of ether oxygens (including phenoxy) is 2. The standard InChI is InChI=1S/C12H10BrNO5/c1-12(11(15)16)4-8(14-19-12)6-2-7(13)10-9(3-6)17-5-18-10/h2-3H,4-5H2,1H3,(H,15,16). The van der Waals surface area contributed by atoms with Crippen LogP contribution in [0.15, 0.2) is 21.8 Å². The Hall–Kier alpha value is -1.76. The Balaban J connectivity index is 1.93. The zero-order valence-electron chi connectivity index (χ0n) is 9.97. The molecule has 0 amide bonds. The number of oxime groups is 1. The van der Waals surface area contributed by atoms with E-state index < -0.39 is 11.6 Å². The minimum absolute atomic E-state index is 0.174. The molecule has 0 saturated carbocycles. The van der Waals surface area contributed by atoms with Crippen LogP contribution in [0.25, 0.3) is 0 Å². The molecule has 1 aromatic carbocycles. The van der Waals surface area contributed by atoms with E-state index in [9.17, 15) is 4.79 Å². The van der Waals surface area contributed by atoms with Crippen LogP contribution < -0.4 is 9.47 Å². The van der Waals surface area contributed by atoms with E-state index in [-0.39, 0.29) is 13.2 Å². The summed E-state index contributed by atoms with van der Waals surface area (Å²) < 4.78 is 11.3. The lowest BCUT2D eigenvalue weighted by atomic mass is 9.96. The molecule has 1 N–H and O–H groups in total. The first-order valence-electron chi connectivity index (χ1n) is 5.57. The topological polar surface area (TPSA) is 77.4 Å². The van der Waals surface area contributed by atoms with Crippen LogP contribution >= 0.6 is 15.9 Å². The number of hydrogen-bond donors (Lipinski definition) is 1. The van der Waals surface area contributed by atoms with Gasteiger partial charge in [-0.3, -0.25) is 0 Å². The summed E-state index contributed by atoms with van der Waals surface area (Å²) in [7, 11) is 0. The van der Waals surface area contributed by atoms with Gasteiger partial charge in [0.1, 0.15) is 0 Å². The molecule has 6 nitrogen and oxygen atoms in total. The molecule has 2 aliphatic heterocycles. The SMILES string of the molecule is CC1(C(=O)O)CC(c2cc(Br)c3c(c2)OCO3)=NO1. The van der Waals surface area contributed by atoms with Crippen LogP contribution in [0.4, 0.5) is 0 Å². The van der Waals surface area contributed by atoms with Crippen molar-refractivity contribution in [3.63, 3.8) is 0 Å². The lowest BCUT2D eigenvalue weighted by molar-refractivity contribution is -0.160. The smallest absolute Gasteiger partial charge is 0.351 e. The molecular weight excluding hydrogens is 318 g/mol. The van der Waals surface area contributed by atoms with Crippen LogP contribution in [0.5, 0.6) is 11.5 Å². The number of benzene rings is 1. The maximum atomic E-state index is 11.1. The van der Waals surface area contributed by atoms with Crippen LogP contribution in [-0.2, 0) is 9.63 Å². The summed E-state index contributed by atoms with van der Waals surface area (Å²) in [6, 6.07) is 3.58. The lowest BCUT2D eigenvalue weighted by Crippen LogP contribution is -2.35. The van der Waals surface area contributed by atoms with E-state index in [0.717, 1.165) is 10.0 Å². The number of carboxylic acid groups (broad SMARTS) is 1. The Kier molecular flexibility index (Phi) is 2.67. The van der Waals surface area contributed by atoms with Crippen molar-refractivity contribution >= 4 is 27.6 Å². The van der Waals surface area contributed by atoms with Gasteiger partial charge in [-0.25, -0.2) is 4.79 Å². The van der Waals surface area contributed by atoms with Gasteiger partial charge >= 0.3 is 5.97 Å². The highest BCUT2D eigenvalue weighted by atomic mass is 79.9. The molecule has 2 aliphatic rings. The lowest BCUT2D eigenvalue weighted by Gasteiger charge is -2.14. The Labute approximate surface area is 117 Å². The van der Waals surface area contributed by atoms with E-state index in [1.54, 1.807) is 6.07 Å². The summed E-state index contributed by atoms with van der Waals surface area (Å²) >= 11 is 3.39. The van der Waals surface area contributed by atoms with E-state index in [1.807, 2.05) is 6.07 Å². The molecule has 0 fully saturated rings. The van der Waals surface area contributed by atoms with E-state index >= 15 is 0 Å². The first-order valence-corrected chi connectivity index (χ1v) is 6.37. The van der Waals surface area contributed by atoms with Crippen LogP contribution in [0.2, 0.25) is 0 Å². The maximum Gasteiger partial charge on any atom is 0.351 e. The second-order valence-corrected chi connectivity index (χ2v) is 5.39. The predicted molar refractivity (Wildman–Crippen MR) is 68.5 cm³/mol. The van der Waals surface area contributed by atoms with Crippen molar-refractivity contribution in [1.29, 1.82) is 0 Å². The minimum Gasteiger partial charge on any atom is -0.478 e. The van der Waals surface area contributed by atoms with Crippen molar-refractivity contribution in [3.8, 4) is 11.5 Å². The van der Waals surface area contributed by atoms with Gasteiger partial charge in [0, 0.05) is 12.0 Å². The monoisotopic (exact) mass is 327 g/mol. The number of aliphatic carboxylic acids is 1. The van der Waals surface area contributed by atoms with E-state index in [4.69, 9.17) is 19.4 Å². The number of hydrogen-bond acceptors (Lipinski definition) is 5. The molecule has 0 spiro atoms. The van der Waals surface area contributed by atoms with Crippen molar-refractivity contribution in [1.82, 2.24) is 0 Å². The molecule has 0 aliphatic carbocycles. The van der Waals surface area contributed by atoms with Gasteiger partial charge in [-0.1, -0.05) is 5.16 Å². The fraction of sp³-hybridized carbons (Fsp3) is 0.333. The van der Waals surface area contributed by atoms with Crippen molar-refractivity contribution in [3.05, 3.63) is 22.2 Å². The second kappa shape index (κ2) is 4.12. The van der Waals surface area contributed by atoms with Gasteiger partial charge in [-0.2, -0.15) is 0 Å². The summed E-state index contributed by atoms with van der Waals surface area (Å²) in [5.74, 6) is 0.214. The van der Waals surface area contributed by atoms with Gasteiger partial charge in [0.25, 0.3) is 0 Å². The first-order chi connectivity index (χ1) is 8.99. The number of carbonyl (C=O) groups is 1. The molecule has 0 saturated heterocycles. The molecule has 7 heteroatoms. The fourth-order valence-electron chi connectivity index (χ4n) is 1.94. The predicted octanol–water partition coefficient (Wildman–Crippen LogP) is 2.15. The third-order valence-corrected chi connectivity index (χ3v) is 3.66. The zero-order valence-corrected chi connectivity index (χ0v) is 11.6. The van der Waals surface area contributed by atoms with Crippen molar-refractivity contribution in [2.24, 2.45) is 5.16 Å². The second-order valence-electron chi connectivity index (χ2n) is 4.53. The summed E-state index contributed by atoms with van der Waals surface area (Å²) in [6.07, 6.45) is 0.203. The maximum absolute atomic E-state index is 11.1. The molecule has 0 bridgehead atoms. The normalized spacial score (nSPS) is 24.0. The molecule has 0 radical (unpaired) electrons. The molecule has 2 heterocycles. The van der Waals surface area contributed by atoms with Crippen LogP contribution in [-0.4, -0.2) is 29.2 Å². The summed E-state index contributed by atoms with van der Waals surface area (Å²) in [5.41, 5.74) is 0.0167. The number of halogens is 1. The van der Waals surface area contributed by atoms with E-state index in [0.29, 0.717) is 17.2 Å². The highest BCUT2D eigenvalue weighted by Gasteiger charge is 2.42. The highest BCUT2D eigenvalue weighted by molar-refractivity contribution is 9.10. The van der Waals surface area contributed by atoms with Gasteiger partial charge in [0.05, 0.1) is 10.2 Å². The van der Waals surface area contributed by atoms with Gasteiger partial charge in [-0.15, -0.1) is 0 Å². The molecule has 1 aromatic rings. The van der Waals surface area contributed by atoms with Crippen LogP contribution in [0, 0.1) is 0 Å². The third-order valence-electron chi connectivity index (χ3n) is 3.07. The summed E-state index contributed by atoms with van der Waals surface area (Å²) in [6.45, 7) is 1.67. The average Bonchev–Trinajstić information content (AvgIpc) is 2.96. The summed E-state index contributed by atoms with van der Waals surface area (Å²) in [5, 5.41) is 13.0. The van der Waals surface area contributed by atoms with Crippen LogP contribution in [0.3, 0.4) is 0 Å². The zero-order chi connectivity index (χ0) is 13.6. The highest BCUT2D eigenvalue weighted by Crippen LogP contribution is 2.41. The number of fused-ring (bicyclic) bond motifs is 1. The largest absolute Gasteiger partial charge is 0.478 e. The molecular formula is C12H10BrNO5. The molecule has 19 heavy (non-hydrogen) atoms. The van der Waals surface area contributed by atoms with Gasteiger partial charge < -0.3 is 19.4 Å². The van der Waals surface area contributed by atoms with Gasteiger partial charge in [0.15, 0.2) is 11.5 Å². The van der Waals surface area contributed by atoms with Crippen molar-refractivity contribution < 1.29 is 24.2 Å². The third kappa shape index (κ3) is 1.94. The quantitative estimate of drug-likeness (QED) is 0.900. The number of nitrogens with zero attached hydrogens (tertiary/aromatic N) is 1. The molecule has 100 valence electrons. The fourth-order valence-corrected chi connectivity index (χ4v) is 2.50.